The molecule has 0 saturated carbocycles. The number of ketones is 1. The number of methoxy groups -OCH3 is 1. The Labute approximate surface area is 173 Å². The van der Waals surface area contributed by atoms with Gasteiger partial charge < -0.3 is 14.5 Å². The highest BCUT2D eigenvalue weighted by molar-refractivity contribution is 6.32. The van der Waals surface area contributed by atoms with Crippen LogP contribution in [0.5, 0.6) is 5.75 Å². The van der Waals surface area contributed by atoms with Crippen LogP contribution in [-0.2, 0) is 17.2 Å². The molecule has 0 aliphatic carbocycles. The van der Waals surface area contributed by atoms with Crippen LogP contribution in [0.1, 0.15) is 23.0 Å². The molecule has 28 heavy (non-hydrogen) atoms. The topological polar surface area (TPSA) is 67.7 Å². The number of rotatable bonds is 6. The number of aromatic nitrogens is 2. The van der Waals surface area contributed by atoms with Crippen LogP contribution >= 0.6 is 23.2 Å². The van der Waals surface area contributed by atoms with Gasteiger partial charge in [0.2, 0.25) is 5.91 Å². The van der Waals surface area contributed by atoms with Gasteiger partial charge in [-0.3, -0.25) is 14.3 Å². The van der Waals surface area contributed by atoms with Gasteiger partial charge in [0.25, 0.3) is 0 Å². The van der Waals surface area contributed by atoms with E-state index in [1.807, 2.05) is 18.2 Å². The summed E-state index contributed by atoms with van der Waals surface area (Å²) in [5.74, 6) is 0.625. The second-order valence-corrected chi connectivity index (χ2v) is 7.25. The van der Waals surface area contributed by atoms with E-state index in [1.54, 1.807) is 18.2 Å². The fourth-order valence-electron chi connectivity index (χ4n) is 3.24. The van der Waals surface area contributed by atoms with Gasteiger partial charge in [0, 0.05) is 56.6 Å². The van der Waals surface area contributed by atoms with Gasteiger partial charge in [-0.25, -0.2) is 0 Å². The number of anilines is 1. The lowest BCUT2D eigenvalue weighted by Crippen LogP contribution is -2.49. The van der Waals surface area contributed by atoms with E-state index in [9.17, 15) is 9.59 Å². The van der Waals surface area contributed by atoms with Crippen molar-refractivity contribution in [1.82, 2.24) is 14.7 Å². The van der Waals surface area contributed by atoms with Crippen LogP contribution in [0.3, 0.4) is 0 Å². The lowest BCUT2D eigenvalue weighted by molar-refractivity contribution is -0.132. The number of hydrogen-bond donors (Lipinski definition) is 0. The molecule has 0 spiro atoms. The number of ether oxygens (including phenoxy) is 1. The minimum absolute atomic E-state index is 0.0351. The molecule has 7 nitrogen and oxygen atoms in total. The second-order valence-electron chi connectivity index (χ2n) is 6.58. The first-order valence-electron chi connectivity index (χ1n) is 8.92. The third kappa shape index (κ3) is 4.42. The smallest absolute Gasteiger partial charge is 0.244 e. The standard InChI is InChI=1S/C19H22Cl2N4O3/c1-13(26)19-14(10-20)11-25(22-19)12-18(27)24-7-5-23(6-8-24)15-3-4-16(21)17(9-15)28-2/h3-4,9,11H,5-8,10,12H2,1-2H3. The molecule has 3 rings (SSSR count). The first-order chi connectivity index (χ1) is 13.4. The Balaban J connectivity index is 1.60. The van der Waals surface area contributed by atoms with Crippen LogP contribution in [0.2, 0.25) is 5.02 Å². The summed E-state index contributed by atoms with van der Waals surface area (Å²) in [5.41, 5.74) is 1.98. The lowest BCUT2D eigenvalue weighted by Gasteiger charge is -2.36. The highest BCUT2D eigenvalue weighted by Gasteiger charge is 2.23. The number of nitrogens with zero attached hydrogens (tertiary/aromatic N) is 4. The van der Waals surface area contributed by atoms with Gasteiger partial charge in [0.15, 0.2) is 5.78 Å². The zero-order valence-corrected chi connectivity index (χ0v) is 17.3. The predicted octanol–water partition coefficient (Wildman–Crippen LogP) is 2.84. The summed E-state index contributed by atoms with van der Waals surface area (Å²) in [6, 6.07) is 5.66. The van der Waals surface area contributed by atoms with Crippen molar-refractivity contribution < 1.29 is 14.3 Å². The van der Waals surface area contributed by atoms with Crippen LogP contribution in [-0.4, -0.2) is 59.7 Å². The van der Waals surface area contributed by atoms with E-state index in [0.29, 0.717) is 48.2 Å². The summed E-state index contributed by atoms with van der Waals surface area (Å²) in [4.78, 5) is 28.2. The molecule has 1 aliphatic heterocycles. The van der Waals surface area contributed by atoms with Crippen LogP contribution in [0, 0.1) is 0 Å². The predicted molar refractivity (Wildman–Crippen MR) is 109 cm³/mol. The van der Waals surface area contributed by atoms with E-state index >= 15 is 0 Å². The number of piperazine rings is 1. The average molecular weight is 425 g/mol. The Morgan fingerprint density at radius 1 is 1.21 bits per heavy atom. The third-order valence-corrected chi connectivity index (χ3v) is 5.34. The largest absolute Gasteiger partial charge is 0.495 e. The maximum atomic E-state index is 12.6. The number of halogens is 2. The van der Waals surface area contributed by atoms with Crippen molar-refractivity contribution in [3.8, 4) is 5.75 Å². The zero-order valence-electron chi connectivity index (χ0n) is 15.8. The van der Waals surface area contributed by atoms with Gasteiger partial charge in [0.1, 0.15) is 18.0 Å². The number of amides is 1. The Bertz CT molecular complexity index is 876. The zero-order chi connectivity index (χ0) is 20.3. The minimum Gasteiger partial charge on any atom is -0.495 e. The molecule has 150 valence electrons. The molecule has 1 amide bonds. The molecule has 1 aromatic carbocycles. The summed E-state index contributed by atoms with van der Waals surface area (Å²) in [6.45, 7) is 4.16. The van der Waals surface area contributed by atoms with Crippen LogP contribution < -0.4 is 9.64 Å². The van der Waals surface area contributed by atoms with Crippen molar-refractivity contribution in [3.05, 3.63) is 40.7 Å². The Morgan fingerprint density at radius 3 is 2.50 bits per heavy atom. The van der Waals surface area contributed by atoms with E-state index < -0.39 is 0 Å². The van der Waals surface area contributed by atoms with Crippen molar-refractivity contribution in [1.29, 1.82) is 0 Å². The number of hydrogen-bond acceptors (Lipinski definition) is 5. The summed E-state index contributed by atoms with van der Waals surface area (Å²) in [7, 11) is 1.59. The van der Waals surface area contributed by atoms with Crippen molar-refractivity contribution >= 4 is 40.6 Å². The molecule has 0 atom stereocenters. The fraction of sp³-hybridized carbons (Fsp3) is 0.421. The molecule has 1 aliphatic rings. The quantitative estimate of drug-likeness (QED) is 0.526. The van der Waals surface area contributed by atoms with Gasteiger partial charge in [-0.05, 0) is 12.1 Å². The average Bonchev–Trinajstić information content (AvgIpc) is 3.11. The van der Waals surface area contributed by atoms with Gasteiger partial charge in [0.05, 0.1) is 18.0 Å². The first kappa shape index (κ1) is 20.5. The van der Waals surface area contributed by atoms with Gasteiger partial charge >= 0.3 is 0 Å². The van der Waals surface area contributed by atoms with Crippen LogP contribution in [0.15, 0.2) is 24.4 Å². The summed E-state index contributed by atoms with van der Waals surface area (Å²) >= 11 is 11.9. The third-order valence-electron chi connectivity index (χ3n) is 4.74. The molecule has 0 unspecified atom stereocenters. The number of carbonyl (C=O) groups excluding carboxylic acids is 2. The fourth-order valence-corrected chi connectivity index (χ4v) is 3.63. The van der Waals surface area contributed by atoms with E-state index in [2.05, 4.69) is 10.00 Å². The lowest BCUT2D eigenvalue weighted by atomic mass is 10.2. The van der Waals surface area contributed by atoms with E-state index in [4.69, 9.17) is 27.9 Å². The molecule has 1 saturated heterocycles. The minimum atomic E-state index is -0.158. The van der Waals surface area contributed by atoms with Crippen LogP contribution in [0.25, 0.3) is 0 Å². The Hall–Kier alpha value is -2.25. The Kier molecular flexibility index (Phi) is 6.46. The maximum Gasteiger partial charge on any atom is 0.244 e. The monoisotopic (exact) mass is 424 g/mol. The van der Waals surface area contributed by atoms with E-state index in [-0.39, 0.29) is 24.1 Å². The molecule has 2 aromatic rings. The number of benzene rings is 1. The van der Waals surface area contributed by atoms with Gasteiger partial charge in [-0.2, -0.15) is 5.10 Å². The maximum absolute atomic E-state index is 12.6. The summed E-state index contributed by atoms with van der Waals surface area (Å²) < 4.78 is 6.77. The second kappa shape index (κ2) is 8.84. The highest BCUT2D eigenvalue weighted by atomic mass is 35.5. The summed E-state index contributed by atoms with van der Waals surface area (Å²) in [5, 5.41) is 4.77. The van der Waals surface area contributed by atoms with Crippen molar-refractivity contribution in [3.63, 3.8) is 0 Å². The molecule has 2 heterocycles. The Morgan fingerprint density at radius 2 is 1.93 bits per heavy atom. The highest BCUT2D eigenvalue weighted by Crippen LogP contribution is 2.29. The normalized spacial score (nSPS) is 14.3. The van der Waals surface area contributed by atoms with Gasteiger partial charge in [-0.1, -0.05) is 11.6 Å². The van der Waals surface area contributed by atoms with E-state index in [1.165, 1.54) is 11.6 Å². The SMILES string of the molecule is COc1cc(N2CCN(C(=O)Cn3cc(CCl)c(C(C)=O)n3)CC2)ccc1Cl. The van der Waals surface area contributed by atoms with Crippen LogP contribution in [0.4, 0.5) is 5.69 Å². The summed E-state index contributed by atoms with van der Waals surface area (Å²) in [6.07, 6.45) is 1.66. The van der Waals surface area contributed by atoms with Crippen molar-refractivity contribution in [2.45, 2.75) is 19.3 Å². The molecule has 1 fully saturated rings. The van der Waals surface area contributed by atoms with Crippen molar-refractivity contribution in [2.24, 2.45) is 0 Å². The molecular formula is C19H22Cl2N4O3. The first-order valence-corrected chi connectivity index (χ1v) is 9.83. The number of alkyl halides is 1. The number of Topliss-reactive ketones (excluding diaryl/α,β-unsaturated/α-hetero) is 1. The van der Waals surface area contributed by atoms with E-state index in [0.717, 1.165) is 5.69 Å². The molecule has 1 aromatic heterocycles. The molecule has 0 N–H and O–H groups in total. The molecule has 0 bridgehead atoms. The molecular weight excluding hydrogens is 403 g/mol. The molecule has 9 heteroatoms. The van der Waals surface area contributed by atoms with Crippen molar-refractivity contribution in [2.75, 3.05) is 38.2 Å². The van der Waals surface area contributed by atoms with Gasteiger partial charge in [-0.15, -0.1) is 11.6 Å². The number of carbonyl (C=O) groups is 2. The molecule has 0 radical (unpaired) electrons.